The molecule has 0 saturated carbocycles. The maximum atomic E-state index is 10.7. The number of hydrogen-bond donors (Lipinski definition) is 3. The Kier molecular flexibility index (Phi) is 4.13. The number of nitrogens with zero attached hydrogens (tertiary/aromatic N) is 1. The van der Waals surface area contributed by atoms with E-state index in [4.69, 9.17) is 5.73 Å². The Morgan fingerprint density at radius 1 is 1.50 bits per heavy atom. The van der Waals surface area contributed by atoms with Crippen molar-refractivity contribution in [2.24, 2.45) is 10.7 Å². The molecule has 2 amide bonds. The first-order valence-electron chi connectivity index (χ1n) is 4.71. The van der Waals surface area contributed by atoms with Gasteiger partial charge in [0.2, 0.25) is 0 Å². The monoisotopic (exact) mass is 240 g/mol. The second-order valence-electron chi connectivity index (χ2n) is 3.23. The number of amides is 2. The summed E-state index contributed by atoms with van der Waals surface area (Å²) in [4.78, 5) is 15.0. The number of rotatable bonds is 2. The third-order valence-corrected chi connectivity index (χ3v) is 2.08. The van der Waals surface area contributed by atoms with Crippen LogP contribution in [0.3, 0.4) is 0 Å². The van der Waals surface area contributed by atoms with Gasteiger partial charge in [0.05, 0.1) is 6.54 Å². The lowest BCUT2D eigenvalue weighted by Crippen LogP contribution is -2.21. The molecule has 0 radical (unpaired) electrons. The van der Waals surface area contributed by atoms with E-state index in [1.165, 1.54) is 0 Å². The summed E-state index contributed by atoms with van der Waals surface area (Å²) in [6, 6.07) is 6.84. The number of hydrogen-bond acceptors (Lipinski definition) is 3. The molecule has 0 bridgehead atoms. The fourth-order valence-corrected chi connectivity index (χ4v) is 1.48. The van der Waals surface area contributed by atoms with Gasteiger partial charge in [-0.1, -0.05) is 12.1 Å². The Bertz CT molecular complexity index is 419. The van der Waals surface area contributed by atoms with Gasteiger partial charge in [0.15, 0.2) is 0 Å². The van der Waals surface area contributed by atoms with Gasteiger partial charge >= 0.3 is 6.03 Å². The maximum Gasteiger partial charge on any atom is 0.316 e. The van der Waals surface area contributed by atoms with Crippen LogP contribution in [0, 0.1) is 0 Å². The molecule has 1 aromatic carbocycles. The Balaban J connectivity index is 0.00000128. The van der Waals surface area contributed by atoms with Gasteiger partial charge in [-0.25, -0.2) is 4.79 Å². The van der Waals surface area contributed by atoms with Crippen molar-refractivity contribution in [2.45, 2.75) is 0 Å². The van der Waals surface area contributed by atoms with Gasteiger partial charge in [-0.05, 0) is 12.1 Å². The van der Waals surface area contributed by atoms with Crippen molar-refractivity contribution in [1.29, 1.82) is 0 Å². The van der Waals surface area contributed by atoms with E-state index in [1.807, 2.05) is 18.2 Å². The highest BCUT2D eigenvalue weighted by Crippen LogP contribution is 2.11. The number of carbonyl (C=O) groups is 1. The highest BCUT2D eigenvalue weighted by Gasteiger charge is 2.08. The second kappa shape index (κ2) is 5.37. The SMILES string of the molecule is Cl.NC(=O)Nc1cccc(C2=NCCN2)c1. The van der Waals surface area contributed by atoms with Crippen molar-refractivity contribution < 1.29 is 4.79 Å². The molecule has 0 aliphatic carbocycles. The van der Waals surface area contributed by atoms with E-state index in [1.54, 1.807) is 6.07 Å². The van der Waals surface area contributed by atoms with Gasteiger partial charge in [-0.2, -0.15) is 0 Å². The quantitative estimate of drug-likeness (QED) is 0.720. The molecule has 0 unspecified atom stereocenters. The van der Waals surface area contributed by atoms with Gasteiger partial charge in [0.25, 0.3) is 0 Å². The number of halogens is 1. The van der Waals surface area contributed by atoms with Crippen molar-refractivity contribution >= 4 is 30.0 Å². The molecule has 1 aliphatic heterocycles. The molecule has 6 heteroatoms. The van der Waals surface area contributed by atoms with E-state index < -0.39 is 6.03 Å². The van der Waals surface area contributed by atoms with Crippen LogP contribution in [0.5, 0.6) is 0 Å². The van der Waals surface area contributed by atoms with Gasteiger partial charge in [-0.3, -0.25) is 4.99 Å². The number of aliphatic imine (C=N–C) groups is 1. The van der Waals surface area contributed by atoms with Crippen molar-refractivity contribution in [3.8, 4) is 0 Å². The van der Waals surface area contributed by atoms with E-state index in [0.29, 0.717) is 5.69 Å². The molecule has 0 aromatic heterocycles. The third-order valence-electron chi connectivity index (χ3n) is 2.08. The van der Waals surface area contributed by atoms with Crippen molar-refractivity contribution in [3.63, 3.8) is 0 Å². The molecule has 0 spiro atoms. The fraction of sp³-hybridized carbons (Fsp3) is 0.200. The van der Waals surface area contributed by atoms with E-state index in [2.05, 4.69) is 15.6 Å². The number of nitrogens with two attached hydrogens (primary N) is 1. The van der Waals surface area contributed by atoms with E-state index >= 15 is 0 Å². The molecule has 0 saturated heterocycles. The number of anilines is 1. The standard InChI is InChI=1S/C10H12N4O.ClH/c11-10(15)14-8-3-1-2-7(6-8)9-12-4-5-13-9;/h1-3,6H,4-5H2,(H,12,13)(H3,11,14,15);1H. The summed E-state index contributed by atoms with van der Waals surface area (Å²) in [6.45, 7) is 1.66. The zero-order chi connectivity index (χ0) is 10.7. The Hall–Kier alpha value is -1.75. The van der Waals surface area contributed by atoms with E-state index in [9.17, 15) is 4.79 Å². The van der Waals surface area contributed by atoms with Crippen LogP contribution in [-0.4, -0.2) is 25.0 Å². The van der Waals surface area contributed by atoms with Gasteiger partial charge in [0.1, 0.15) is 5.84 Å². The lowest BCUT2D eigenvalue weighted by atomic mass is 10.2. The predicted octanol–water partition coefficient (Wildman–Crippen LogP) is 0.949. The normalized spacial score (nSPS) is 13.4. The molecule has 16 heavy (non-hydrogen) atoms. The number of amidine groups is 1. The second-order valence-corrected chi connectivity index (χ2v) is 3.23. The average Bonchev–Trinajstić information content (AvgIpc) is 2.69. The van der Waals surface area contributed by atoms with Gasteiger partial charge in [-0.15, -0.1) is 12.4 Å². The van der Waals surface area contributed by atoms with Crippen LogP contribution in [0.4, 0.5) is 10.5 Å². The lowest BCUT2D eigenvalue weighted by Gasteiger charge is -2.05. The summed E-state index contributed by atoms with van der Waals surface area (Å²) in [5.41, 5.74) is 6.67. The molecule has 0 fully saturated rings. The maximum absolute atomic E-state index is 10.7. The number of urea groups is 1. The molecule has 5 nitrogen and oxygen atoms in total. The Labute approximate surface area is 99.5 Å². The smallest absolute Gasteiger partial charge is 0.316 e. The van der Waals surface area contributed by atoms with E-state index in [-0.39, 0.29) is 12.4 Å². The Morgan fingerprint density at radius 3 is 2.94 bits per heavy atom. The number of carbonyl (C=O) groups excluding carboxylic acids is 1. The van der Waals surface area contributed by atoms with Crippen LogP contribution in [-0.2, 0) is 0 Å². The summed E-state index contributed by atoms with van der Waals surface area (Å²) in [5, 5.41) is 5.68. The van der Waals surface area contributed by atoms with Crippen LogP contribution in [0.2, 0.25) is 0 Å². The molecule has 0 atom stereocenters. The first-order chi connectivity index (χ1) is 7.25. The van der Waals surface area contributed by atoms with Crippen molar-refractivity contribution in [1.82, 2.24) is 5.32 Å². The van der Waals surface area contributed by atoms with Crippen LogP contribution in [0.25, 0.3) is 0 Å². The zero-order valence-corrected chi connectivity index (χ0v) is 9.38. The minimum absolute atomic E-state index is 0. The summed E-state index contributed by atoms with van der Waals surface area (Å²) >= 11 is 0. The highest BCUT2D eigenvalue weighted by molar-refractivity contribution is 6.01. The average molecular weight is 241 g/mol. The van der Waals surface area contributed by atoms with Crippen LogP contribution >= 0.6 is 12.4 Å². The van der Waals surface area contributed by atoms with E-state index in [0.717, 1.165) is 24.5 Å². The first-order valence-corrected chi connectivity index (χ1v) is 4.71. The number of primary amides is 1. The molecular formula is C10H13ClN4O. The molecule has 2 rings (SSSR count). The number of nitrogens with one attached hydrogen (secondary N) is 2. The van der Waals surface area contributed by atoms with Gasteiger partial charge < -0.3 is 16.4 Å². The van der Waals surface area contributed by atoms with Crippen LogP contribution in [0.1, 0.15) is 5.56 Å². The highest BCUT2D eigenvalue weighted by atomic mass is 35.5. The Morgan fingerprint density at radius 2 is 2.31 bits per heavy atom. The first kappa shape index (κ1) is 12.3. The minimum Gasteiger partial charge on any atom is -0.368 e. The molecule has 1 aromatic rings. The summed E-state index contributed by atoms with van der Waals surface area (Å²) in [7, 11) is 0. The molecule has 86 valence electrons. The summed E-state index contributed by atoms with van der Waals surface area (Å²) in [6.07, 6.45) is 0. The largest absolute Gasteiger partial charge is 0.368 e. The zero-order valence-electron chi connectivity index (χ0n) is 8.56. The summed E-state index contributed by atoms with van der Waals surface area (Å²) < 4.78 is 0. The molecule has 1 aliphatic rings. The molecule has 1 heterocycles. The van der Waals surface area contributed by atoms with Gasteiger partial charge in [0, 0.05) is 17.8 Å². The lowest BCUT2D eigenvalue weighted by molar-refractivity contribution is 0.259. The molecule has 4 N–H and O–H groups in total. The topological polar surface area (TPSA) is 79.5 Å². The predicted molar refractivity (Wildman–Crippen MR) is 66.3 cm³/mol. The summed E-state index contributed by atoms with van der Waals surface area (Å²) in [5.74, 6) is 0.864. The number of benzene rings is 1. The fourth-order valence-electron chi connectivity index (χ4n) is 1.48. The van der Waals surface area contributed by atoms with Crippen LogP contribution in [0.15, 0.2) is 29.3 Å². The van der Waals surface area contributed by atoms with Crippen LogP contribution < -0.4 is 16.4 Å². The minimum atomic E-state index is -0.562. The van der Waals surface area contributed by atoms with Crippen molar-refractivity contribution in [3.05, 3.63) is 29.8 Å². The third kappa shape index (κ3) is 2.87. The molecular weight excluding hydrogens is 228 g/mol. The van der Waals surface area contributed by atoms with Crippen molar-refractivity contribution in [2.75, 3.05) is 18.4 Å².